The molecule has 2 fully saturated rings. The topological polar surface area (TPSA) is 89.6 Å². The first-order chi connectivity index (χ1) is 21.5. The number of hydrogen-bond acceptors (Lipinski definition) is 8. The number of carbonyl (C=O) groups excluding carboxylic acids is 1. The second-order valence-electron chi connectivity index (χ2n) is 11.9. The lowest BCUT2D eigenvalue weighted by Crippen LogP contribution is -2.56. The average molecular weight is 594 g/mol. The Morgan fingerprint density at radius 3 is 2.73 bits per heavy atom. The van der Waals surface area contributed by atoms with Gasteiger partial charge in [0.15, 0.2) is 0 Å². The van der Waals surface area contributed by atoms with Gasteiger partial charge in [-0.15, -0.1) is 0 Å². The normalized spacial score (nSPS) is 20.2. The van der Waals surface area contributed by atoms with Crippen molar-refractivity contribution in [3.63, 3.8) is 0 Å². The molecule has 1 amide bonds. The van der Waals surface area contributed by atoms with Gasteiger partial charge in [-0.2, -0.15) is 9.97 Å². The van der Waals surface area contributed by atoms with Crippen molar-refractivity contribution in [2.45, 2.75) is 44.8 Å². The van der Waals surface area contributed by atoms with Gasteiger partial charge in [0.05, 0.1) is 12.2 Å². The summed E-state index contributed by atoms with van der Waals surface area (Å²) in [5.41, 5.74) is 4.51. The summed E-state index contributed by atoms with van der Waals surface area (Å²) in [6.45, 7) is 14.0. The molecule has 2 atom stereocenters. The predicted molar refractivity (Wildman–Crippen MR) is 171 cm³/mol. The van der Waals surface area contributed by atoms with Crippen LogP contribution in [0.4, 0.5) is 11.5 Å². The number of ether oxygens (including phenoxy) is 1. The summed E-state index contributed by atoms with van der Waals surface area (Å²) < 4.78 is 6.30. The Kier molecular flexibility index (Phi) is 8.83. The number of likely N-dealkylation sites (N-methyl/N-ethyl adjacent to an activating group) is 1. The Hall–Kier alpha value is -4.38. The number of hydrogen-bond donors (Lipinski definition) is 1. The molecule has 1 N–H and O–H groups in total. The van der Waals surface area contributed by atoms with Gasteiger partial charge < -0.3 is 34.3 Å². The lowest BCUT2D eigenvalue weighted by atomic mass is 9.99. The number of fused-ring (bicyclic) bond motifs is 2. The second-order valence-corrected chi connectivity index (χ2v) is 11.9. The van der Waals surface area contributed by atoms with Crippen LogP contribution in [0.25, 0.3) is 15.6 Å². The number of anilines is 2. The van der Waals surface area contributed by atoms with Crippen molar-refractivity contribution in [2.75, 3.05) is 69.3 Å². The van der Waals surface area contributed by atoms with Crippen LogP contribution in [0, 0.1) is 25.3 Å². The number of aliphatic hydroxyl groups excluding tert-OH is 1. The molecule has 6 rings (SSSR count). The smallest absolute Gasteiger partial charge is 0.318 e. The number of aryl methyl sites for hydroxylation is 1. The number of aromatic nitrogens is 2. The van der Waals surface area contributed by atoms with E-state index in [4.69, 9.17) is 26.4 Å². The predicted octanol–water partition coefficient (Wildman–Crippen LogP) is 2.91. The average Bonchev–Trinajstić information content (AvgIpc) is 3.46. The highest BCUT2D eigenvalue weighted by molar-refractivity contribution is 5.97. The van der Waals surface area contributed by atoms with Gasteiger partial charge in [-0.25, -0.2) is 6.57 Å². The van der Waals surface area contributed by atoms with Gasteiger partial charge in [0.25, 0.3) is 5.91 Å². The summed E-state index contributed by atoms with van der Waals surface area (Å²) in [6.07, 6.45) is 3.03. The second kappa shape index (κ2) is 13.1. The summed E-state index contributed by atoms with van der Waals surface area (Å²) in [5.74, 6) is 5.42. The molecule has 1 aromatic heterocycles. The number of benzene rings is 2. The van der Waals surface area contributed by atoms with Crippen LogP contribution in [0.15, 0.2) is 36.4 Å². The van der Waals surface area contributed by atoms with Crippen molar-refractivity contribution in [2.24, 2.45) is 0 Å². The molecule has 0 aliphatic carbocycles. The number of amides is 1. The third-order valence-electron chi connectivity index (χ3n) is 9.15. The zero-order valence-electron chi connectivity index (χ0n) is 25.5. The van der Waals surface area contributed by atoms with Gasteiger partial charge in [-0.3, -0.25) is 4.79 Å². The molecule has 0 unspecified atom stereocenters. The Morgan fingerprint density at radius 2 is 1.95 bits per heavy atom. The van der Waals surface area contributed by atoms with Crippen LogP contribution < -0.4 is 14.5 Å². The van der Waals surface area contributed by atoms with Crippen molar-refractivity contribution in [1.29, 1.82) is 0 Å². The molecular weight excluding hydrogens is 554 g/mol. The van der Waals surface area contributed by atoms with Crippen molar-refractivity contribution in [3.8, 4) is 17.9 Å². The first kappa shape index (κ1) is 29.7. The molecule has 0 bridgehead atoms. The summed E-state index contributed by atoms with van der Waals surface area (Å²) in [4.78, 5) is 34.9. The van der Waals surface area contributed by atoms with Gasteiger partial charge in [0, 0.05) is 48.9 Å². The van der Waals surface area contributed by atoms with E-state index in [9.17, 15) is 4.79 Å². The molecular formula is C34H39N7O3. The van der Waals surface area contributed by atoms with E-state index in [-0.39, 0.29) is 25.1 Å². The molecule has 2 saturated heterocycles. The zero-order chi connectivity index (χ0) is 30.6. The maximum Gasteiger partial charge on any atom is 0.318 e. The SMILES string of the molecule is [C-]#[N+]C[C@H]1CN(c2nc(OC[C@@H]3CCCN3C)nc3c2CCN(c2cccc4cccc(C)c24)C3)CCN1C(=O)C#CCO. The van der Waals surface area contributed by atoms with E-state index in [0.29, 0.717) is 44.8 Å². The minimum atomic E-state index is -0.374. The van der Waals surface area contributed by atoms with E-state index in [1.165, 1.54) is 22.0 Å². The van der Waals surface area contributed by atoms with E-state index in [2.05, 4.69) is 81.8 Å². The Balaban J connectivity index is 1.33. The summed E-state index contributed by atoms with van der Waals surface area (Å²) in [7, 11) is 2.13. The van der Waals surface area contributed by atoms with E-state index in [1.54, 1.807) is 4.90 Å². The summed E-state index contributed by atoms with van der Waals surface area (Å²) in [5, 5.41) is 11.6. The van der Waals surface area contributed by atoms with Crippen LogP contribution in [-0.2, 0) is 17.8 Å². The van der Waals surface area contributed by atoms with Crippen LogP contribution in [-0.4, -0.2) is 102 Å². The quantitative estimate of drug-likeness (QED) is 0.345. The van der Waals surface area contributed by atoms with Gasteiger partial charge in [0.1, 0.15) is 25.1 Å². The zero-order valence-corrected chi connectivity index (χ0v) is 25.5. The molecule has 0 saturated carbocycles. The molecule has 10 heteroatoms. The molecule has 4 heterocycles. The van der Waals surface area contributed by atoms with E-state index in [0.717, 1.165) is 49.4 Å². The van der Waals surface area contributed by atoms with Crippen molar-refractivity contribution in [3.05, 3.63) is 64.6 Å². The molecule has 44 heavy (non-hydrogen) atoms. The molecule has 3 aliphatic heterocycles. The third-order valence-corrected chi connectivity index (χ3v) is 9.15. The van der Waals surface area contributed by atoms with Gasteiger partial charge in [0.2, 0.25) is 6.54 Å². The lowest BCUT2D eigenvalue weighted by Gasteiger charge is -2.40. The van der Waals surface area contributed by atoms with E-state index in [1.807, 2.05) is 0 Å². The monoisotopic (exact) mass is 593 g/mol. The third kappa shape index (κ3) is 6.01. The van der Waals surface area contributed by atoms with Crippen molar-refractivity contribution in [1.82, 2.24) is 19.8 Å². The standard InChI is InChI=1S/C34H39N7O3/c1-24-8-4-9-25-10-5-12-30(32(24)25)39-16-14-28-29(22-39)36-34(44-23-26-11-6-15-38(26)3)37-33(28)40-17-18-41(27(21-40)20-35-2)31(43)13-7-19-42/h4-5,8-10,12,26-27,42H,6,11,14-23H2,1,3H3/t26-,27-/m0/s1. The molecule has 228 valence electrons. The molecule has 3 aliphatic rings. The van der Waals surface area contributed by atoms with Gasteiger partial charge >= 0.3 is 6.01 Å². The van der Waals surface area contributed by atoms with Crippen LogP contribution >= 0.6 is 0 Å². The number of carbonyl (C=O) groups is 1. The van der Waals surface area contributed by atoms with Crippen molar-refractivity contribution >= 4 is 28.2 Å². The maximum atomic E-state index is 12.8. The summed E-state index contributed by atoms with van der Waals surface area (Å²) in [6, 6.07) is 13.3. The Labute approximate surface area is 259 Å². The highest BCUT2D eigenvalue weighted by atomic mass is 16.5. The van der Waals surface area contributed by atoms with E-state index >= 15 is 0 Å². The van der Waals surface area contributed by atoms with Crippen LogP contribution in [0.2, 0.25) is 0 Å². The molecule has 0 spiro atoms. The Bertz CT molecular complexity index is 1640. The number of nitrogens with zero attached hydrogens (tertiary/aromatic N) is 7. The van der Waals surface area contributed by atoms with Gasteiger partial charge in [-0.05, 0) is 62.7 Å². The Morgan fingerprint density at radius 1 is 1.11 bits per heavy atom. The minimum Gasteiger partial charge on any atom is -0.462 e. The van der Waals surface area contributed by atoms with Crippen LogP contribution in [0.1, 0.15) is 29.7 Å². The van der Waals surface area contributed by atoms with Crippen LogP contribution in [0.5, 0.6) is 6.01 Å². The van der Waals surface area contributed by atoms with Gasteiger partial charge in [-0.1, -0.05) is 36.3 Å². The molecule has 3 aromatic rings. The molecule has 0 radical (unpaired) electrons. The molecule has 2 aromatic carbocycles. The summed E-state index contributed by atoms with van der Waals surface area (Å²) >= 11 is 0. The molecule has 10 nitrogen and oxygen atoms in total. The fourth-order valence-electron chi connectivity index (χ4n) is 6.81. The van der Waals surface area contributed by atoms with E-state index < -0.39 is 0 Å². The number of rotatable bonds is 6. The number of aliphatic hydroxyl groups is 1. The first-order valence-corrected chi connectivity index (χ1v) is 15.4. The highest BCUT2D eigenvalue weighted by Gasteiger charge is 2.35. The number of likely N-dealkylation sites (tertiary alicyclic amines) is 1. The maximum absolute atomic E-state index is 12.8. The van der Waals surface area contributed by atoms with Crippen LogP contribution in [0.3, 0.4) is 0 Å². The highest BCUT2D eigenvalue weighted by Crippen LogP contribution is 2.36. The fourth-order valence-corrected chi connectivity index (χ4v) is 6.81. The minimum absolute atomic E-state index is 0.169. The largest absolute Gasteiger partial charge is 0.462 e. The van der Waals surface area contributed by atoms with Crippen molar-refractivity contribution < 1.29 is 14.6 Å². The lowest BCUT2D eigenvalue weighted by molar-refractivity contribution is -0.127. The first-order valence-electron chi connectivity index (χ1n) is 15.4. The number of piperazine rings is 1. The fraction of sp³-hybridized carbons (Fsp3) is 0.471.